The second-order valence-corrected chi connectivity index (χ2v) is 4.21. The second kappa shape index (κ2) is 3.58. The molecule has 0 aliphatic heterocycles. The first-order valence-corrected chi connectivity index (χ1v) is 5.20. The predicted octanol–water partition coefficient (Wildman–Crippen LogP) is 3.06. The van der Waals surface area contributed by atoms with Crippen molar-refractivity contribution < 1.29 is 0 Å². The molecule has 2 rings (SSSR count). The van der Waals surface area contributed by atoms with E-state index in [9.17, 15) is 0 Å². The molecular weight excluding hydrogens is 240 g/mol. The molecule has 1 heterocycles. The zero-order valence-corrected chi connectivity index (χ0v) is 9.75. The van der Waals surface area contributed by atoms with E-state index in [1.54, 1.807) is 0 Å². The lowest BCUT2D eigenvalue weighted by atomic mass is 10.2. The summed E-state index contributed by atoms with van der Waals surface area (Å²) in [6.45, 7) is 0. The number of anilines is 1. The highest BCUT2D eigenvalue weighted by Crippen LogP contribution is 2.29. The van der Waals surface area contributed by atoms with Gasteiger partial charge in [0.05, 0.1) is 11.2 Å². The predicted molar refractivity (Wildman–Crippen MR) is 63.8 cm³/mol. The van der Waals surface area contributed by atoms with E-state index in [2.05, 4.69) is 44.0 Å². The Morgan fingerprint density at radius 3 is 2.71 bits per heavy atom. The van der Waals surface area contributed by atoms with E-state index in [-0.39, 0.29) is 0 Å². The smallest absolute Gasteiger partial charge is 0.0946 e. The third-order valence-electron chi connectivity index (χ3n) is 2.18. The van der Waals surface area contributed by atoms with E-state index >= 15 is 0 Å². The standard InChI is InChI=1S/C11H11BrN2/c1-14(2)10-6-5-9(12)8-4-3-7-13-11(8)10/h3-7H,1-2H3. The van der Waals surface area contributed by atoms with Crippen LogP contribution in [0.4, 0.5) is 5.69 Å². The van der Waals surface area contributed by atoms with Gasteiger partial charge in [-0.3, -0.25) is 4.98 Å². The molecule has 0 unspecified atom stereocenters. The Bertz CT molecular complexity index is 466. The van der Waals surface area contributed by atoms with E-state index in [1.807, 2.05) is 26.4 Å². The SMILES string of the molecule is CN(C)c1ccc(Br)c2cccnc12. The average Bonchev–Trinajstić information content (AvgIpc) is 2.18. The fourth-order valence-corrected chi connectivity index (χ4v) is 1.94. The van der Waals surface area contributed by atoms with Crippen LogP contribution < -0.4 is 4.90 Å². The van der Waals surface area contributed by atoms with Gasteiger partial charge in [-0.05, 0) is 18.2 Å². The number of hydrogen-bond acceptors (Lipinski definition) is 2. The molecular formula is C11H11BrN2. The van der Waals surface area contributed by atoms with Gasteiger partial charge in [-0.25, -0.2) is 0 Å². The van der Waals surface area contributed by atoms with Gasteiger partial charge in [0.2, 0.25) is 0 Å². The van der Waals surface area contributed by atoms with Gasteiger partial charge in [0.25, 0.3) is 0 Å². The summed E-state index contributed by atoms with van der Waals surface area (Å²) in [6, 6.07) is 8.14. The van der Waals surface area contributed by atoms with Crippen molar-refractivity contribution in [1.82, 2.24) is 4.98 Å². The summed E-state index contributed by atoms with van der Waals surface area (Å²) in [4.78, 5) is 6.46. The zero-order valence-electron chi connectivity index (χ0n) is 8.16. The number of nitrogens with zero attached hydrogens (tertiary/aromatic N) is 2. The molecule has 1 aromatic heterocycles. The second-order valence-electron chi connectivity index (χ2n) is 3.36. The number of aromatic nitrogens is 1. The van der Waals surface area contributed by atoms with E-state index in [4.69, 9.17) is 0 Å². The van der Waals surface area contributed by atoms with Gasteiger partial charge in [-0.2, -0.15) is 0 Å². The lowest BCUT2D eigenvalue weighted by molar-refractivity contribution is 1.13. The summed E-state index contributed by atoms with van der Waals surface area (Å²) < 4.78 is 1.09. The summed E-state index contributed by atoms with van der Waals surface area (Å²) in [7, 11) is 4.05. The molecule has 0 amide bonds. The third-order valence-corrected chi connectivity index (χ3v) is 2.87. The van der Waals surface area contributed by atoms with Crippen molar-refractivity contribution in [3.8, 4) is 0 Å². The van der Waals surface area contributed by atoms with Crippen molar-refractivity contribution in [3.05, 3.63) is 34.9 Å². The summed E-state index contributed by atoms with van der Waals surface area (Å²) in [5.41, 5.74) is 2.18. The fourth-order valence-electron chi connectivity index (χ4n) is 1.48. The van der Waals surface area contributed by atoms with Crippen molar-refractivity contribution in [2.24, 2.45) is 0 Å². The molecule has 1 aromatic carbocycles. The molecule has 0 aliphatic rings. The van der Waals surface area contributed by atoms with Crippen LogP contribution in [0.15, 0.2) is 34.9 Å². The van der Waals surface area contributed by atoms with Crippen LogP contribution in [0.25, 0.3) is 10.9 Å². The van der Waals surface area contributed by atoms with Crippen LogP contribution >= 0.6 is 15.9 Å². The van der Waals surface area contributed by atoms with Gasteiger partial charge in [-0.15, -0.1) is 0 Å². The number of pyridine rings is 1. The quantitative estimate of drug-likeness (QED) is 0.774. The minimum Gasteiger partial charge on any atom is -0.376 e. The minimum atomic E-state index is 1.03. The molecule has 72 valence electrons. The molecule has 0 bridgehead atoms. The van der Waals surface area contributed by atoms with Crippen LogP contribution in [0.2, 0.25) is 0 Å². The molecule has 14 heavy (non-hydrogen) atoms. The first-order valence-electron chi connectivity index (χ1n) is 4.40. The van der Waals surface area contributed by atoms with Crippen LogP contribution in [0.1, 0.15) is 0 Å². The molecule has 2 nitrogen and oxygen atoms in total. The van der Waals surface area contributed by atoms with Gasteiger partial charge >= 0.3 is 0 Å². The van der Waals surface area contributed by atoms with Gasteiger partial charge in [0.1, 0.15) is 0 Å². The Morgan fingerprint density at radius 1 is 1.21 bits per heavy atom. The van der Waals surface area contributed by atoms with Crippen LogP contribution in [-0.4, -0.2) is 19.1 Å². The Balaban J connectivity index is 2.82. The maximum absolute atomic E-state index is 4.39. The Kier molecular flexibility index (Phi) is 2.42. The lowest BCUT2D eigenvalue weighted by Gasteiger charge is -2.14. The maximum atomic E-state index is 4.39. The molecule has 0 aliphatic carbocycles. The number of benzene rings is 1. The molecule has 0 saturated carbocycles. The van der Waals surface area contributed by atoms with E-state index < -0.39 is 0 Å². The highest BCUT2D eigenvalue weighted by atomic mass is 79.9. The van der Waals surface area contributed by atoms with Crippen molar-refractivity contribution in [3.63, 3.8) is 0 Å². The van der Waals surface area contributed by atoms with Crippen LogP contribution in [0.5, 0.6) is 0 Å². The van der Waals surface area contributed by atoms with Gasteiger partial charge in [-0.1, -0.05) is 22.0 Å². The molecule has 0 spiro atoms. The van der Waals surface area contributed by atoms with Crippen LogP contribution in [-0.2, 0) is 0 Å². The van der Waals surface area contributed by atoms with E-state index in [1.165, 1.54) is 0 Å². The normalized spacial score (nSPS) is 10.5. The number of fused-ring (bicyclic) bond motifs is 1. The van der Waals surface area contributed by atoms with Gasteiger partial charge < -0.3 is 4.90 Å². The number of rotatable bonds is 1. The van der Waals surface area contributed by atoms with Gasteiger partial charge in [0, 0.05) is 30.2 Å². The molecule has 0 saturated heterocycles. The lowest BCUT2D eigenvalue weighted by Crippen LogP contribution is -2.09. The first kappa shape index (κ1) is 9.46. The van der Waals surface area contributed by atoms with E-state index in [0.717, 1.165) is 21.1 Å². The number of hydrogen-bond donors (Lipinski definition) is 0. The summed E-state index contributed by atoms with van der Waals surface area (Å²) in [5.74, 6) is 0. The topological polar surface area (TPSA) is 16.1 Å². The molecule has 0 radical (unpaired) electrons. The molecule has 3 heteroatoms. The summed E-state index contributed by atoms with van der Waals surface area (Å²) in [6.07, 6.45) is 1.82. The first-order chi connectivity index (χ1) is 6.70. The number of halogens is 1. The Morgan fingerprint density at radius 2 is 2.00 bits per heavy atom. The molecule has 0 fully saturated rings. The summed E-state index contributed by atoms with van der Waals surface area (Å²) >= 11 is 3.52. The summed E-state index contributed by atoms with van der Waals surface area (Å²) in [5, 5.41) is 1.15. The van der Waals surface area contributed by atoms with Crippen molar-refractivity contribution >= 4 is 32.5 Å². The Hall–Kier alpha value is -1.09. The highest BCUT2D eigenvalue weighted by molar-refractivity contribution is 9.10. The minimum absolute atomic E-state index is 1.03. The fraction of sp³-hybridized carbons (Fsp3) is 0.182. The van der Waals surface area contributed by atoms with E-state index in [0.29, 0.717) is 0 Å². The molecule has 2 aromatic rings. The third kappa shape index (κ3) is 1.48. The average molecular weight is 251 g/mol. The largest absolute Gasteiger partial charge is 0.376 e. The Labute approximate surface area is 91.7 Å². The van der Waals surface area contributed by atoms with Gasteiger partial charge in [0.15, 0.2) is 0 Å². The van der Waals surface area contributed by atoms with Crippen molar-refractivity contribution in [2.45, 2.75) is 0 Å². The zero-order chi connectivity index (χ0) is 10.1. The van der Waals surface area contributed by atoms with Crippen molar-refractivity contribution in [1.29, 1.82) is 0 Å². The molecule has 0 atom stereocenters. The monoisotopic (exact) mass is 250 g/mol. The highest BCUT2D eigenvalue weighted by Gasteiger charge is 2.05. The maximum Gasteiger partial charge on any atom is 0.0946 e. The van der Waals surface area contributed by atoms with Crippen LogP contribution in [0, 0.1) is 0 Å². The van der Waals surface area contributed by atoms with Crippen molar-refractivity contribution in [2.75, 3.05) is 19.0 Å². The molecule has 0 N–H and O–H groups in total. The van der Waals surface area contributed by atoms with Crippen LogP contribution in [0.3, 0.4) is 0 Å².